The topological polar surface area (TPSA) is 67.8 Å². The van der Waals surface area contributed by atoms with Crippen LogP contribution in [0.1, 0.15) is 46.9 Å². The van der Waals surface area contributed by atoms with Crippen molar-refractivity contribution in [1.29, 1.82) is 0 Å². The summed E-state index contributed by atoms with van der Waals surface area (Å²) in [5.41, 5.74) is 0.531. The summed E-state index contributed by atoms with van der Waals surface area (Å²) in [5, 5.41) is 0. The monoisotopic (exact) mass is 526 g/mol. The van der Waals surface area contributed by atoms with Gasteiger partial charge >= 0.3 is 6.18 Å². The Morgan fingerprint density at radius 1 is 1.00 bits per heavy atom. The highest BCUT2D eigenvalue weighted by atomic mass is 19.4. The number of ether oxygens (including phenoxy) is 2. The molecule has 0 unspecified atom stereocenters. The van der Waals surface area contributed by atoms with Crippen LogP contribution in [-0.4, -0.2) is 47.5 Å². The predicted octanol–water partition coefficient (Wildman–Crippen LogP) is 5.73. The lowest BCUT2D eigenvalue weighted by Crippen LogP contribution is -2.38. The van der Waals surface area contributed by atoms with Gasteiger partial charge in [0.15, 0.2) is 11.5 Å². The van der Waals surface area contributed by atoms with E-state index in [1.165, 1.54) is 17.0 Å². The van der Waals surface area contributed by atoms with Gasteiger partial charge in [0.05, 0.1) is 30.5 Å². The van der Waals surface area contributed by atoms with Gasteiger partial charge in [-0.2, -0.15) is 18.2 Å². The number of rotatable bonds is 5. The number of anilines is 1. The number of hydrogen-bond donors (Lipinski definition) is 0. The van der Waals surface area contributed by atoms with Crippen LogP contribution < -0.4 is 14.4 Å². The minimum atomic E-state index is -4.53. The van der Waals surface area contributed by atoms with E-state index in [2.05, 4.69) is 11.8 Å². The highest BCUT2D eigenvalue weighted by molar-refractivity contribution is 5.94. The van der Waals surface area contributed by atoms with Crippen molar-refractivity contribution in [3.63, 3.8) is 0 Å². The fourth-order valence-electron chi connectivity index (χ4n) is 4.80. The summed E-state index contributed by atoms with van der Waals surface area (Å²) in [6, 6.07) is 11.7. The molecule has 1 amide bonds. The van der Waals surface area contributed by atoms with Crippen LogP contribution in [0.25, 0.3) is 0 Å². The first-order valence-corrected chi connectivity index (χ1v) is 12.6. The molecule has 5 rings (SSSR count). The molecule has 0 bridgehead atoms. The zero-order valence-corrected chi connectivity index (χ0v) is 21.3. The lowest BCUT2D eigenvalue weighted by Gasteiger charge is -2.33. The van der Waals surface area contributed by atoms with Crippen LogP contribution in [0.5, 0.6) is 17.4 Å². The second kappa shape index (κ2) is 10.5. The zero-order chi connectivity index (χ0) is 26.9. The van der Waals surface area contributed by atoms with E-state index in [0.29, 0.717) is 47.8 Å². The number of alkyl halides is 3. The van der Waals surface area contributed by atoms with E-state index >= 15 is 0 Å². The molecule has 1 fully saturated rings. The van der Waals surface area contributed by atoms with E-state index in [1.807, 2.05) is 12.1 Å². The lowest BCUT2D eigenvalue weighted by molar-refractivity contribution is -0.137. The largest absolute Gasteiger partial charge is 0.493 e. The van der Waals surface area contributed by atoms with Crippen LogP contribution >= 0.6 is 0 Å². The number of fused-ring (bicyclic) bond motifs is 1. The van der Waals surface area contributed by atoms with E-state index in [1.54, 1.807) is 19.2 Å². The third kappa shape index (κ3) is 5.39. The van der Waals surface area contributed by atoms with Crippen molar-refractivity contribution in [2.24, 2.45) is 5.92 Å². The van der Waals surface area contributed by atoms with Crippen LogP contribution in [0.4, 0.5) is 19.1 Å². The predicted molar refractivity (Wildman–Crippen MR) is 136 cm³/mol. The summed E-state index contributed by atoms with van der Waals surface area (Å²) in [4.78, 5) is 26.5. The van der Waals surface area contributed by atoms with Crippen LogP contribution in [0.2, 0.25) is 0 Å². The maximum atomic E-state index is 13.3. The van der Waals surface area contributed by atoms with Gasteiger partial charge in [0, 0.05) is 31.6 Å². The Labute approximate surface area is 219 Å². The first kappa shape index (κ1) is 25.8. The highest BCUT2D eigenvalue weighted by Gasteiger charge is 2.33. The van der Waals surface area contributed by atoms with E-state index < -0.39 is 17.6 Å². The number of hydrogen-bond acceptors (Lipinski definition) is 6. The number of carbonyl (C=O) groups excluding carboxylic acids is 1. The smallest absolute Gasteiger partial charge is 0.416 e. The van der Waals surface area contributed by atoms with Crippen molar-refractivity contribution in [3.05, 3.63) is 70.9 Å². The standard InChI is InChI=1S/C28H29F3N4O3/c1-18-10-13-34(14-11-18)27-32-22-12-15-35(26(36)19-6-5-7-20(16-19)28(29,30)31)17-21(22)25(33-27)38-24-9-4-3-8-23(24)37-2/h3-9,16,18H,10-15,17H2,1-2H3. The Hall–Kier alpha value is -3.82. The first-order valence-electron chi connectivity index (χ1n) is 12.6. The van der Waals surface area contributed by atoms with Gasteiger partial charge < -0.3 is 19.3 Å². The Morgan fingerprint density at radius 2 is 1.74 bits per heavy atom. The molecule has 0 aliphatic carbocycles. The molecule has 3 aromatic rings. The molecule has 1 saturated heterocycles. The summed E-state index contributed by atoms with van der Waals surface area (Å²) in [6.07, 6.45) is -2.01. The van der Waals surface area contributed by atoms with Gasteiger partial charge in [-0.05, 0) is 49.1 Å². The molecule has 0 radical (unpaired) electrons. The van der Waals surface area contributed by atoms with Crippen molar-refractivity contribution in [2.75, 3.05) is 31.6 Å². The number of aromatic nitrogens is 2. The maximum Gasteiger partial charge on any atom is 0.416 e. The Morgan fingerprint density at radius 3 is 2.45 bits per heavy atom. The molecule has 0 saturated carbocycles. The summed E-state index contributed by atoms with van der Waals surface area (Å²) >= 11 is 0. The molecular formula is C28H29F3N4O3. The molecule has 0 atom stereocenters. The first-order chi connectivity index (χ1) is 18.2. The lowest BCUT2D eigenvalue weighted by atomic mass is 9.99. The van der Waals surface area contributed by atoms with Gasteiger partial charge in [-0.25, -0.2) is 4.98 Å². The van der Waals surface area contributed by atoms with Gasteiger partial charge in [0.1, 0.15) is 0 Å². The fraction of sp³-hybridized carbons (Fsp3) is 0.393. The van der Waals surface area contributed by atoms with Gasteiger partial charge in [-0.15, -0.1) is 0 Å². The second-order valence-electron chi connectivity index (χ2n) is 9.73. The van der Waals surface area contributed by atoms with Crippen molar-refractivity contribution < 1.29 is 27.4 Å². The summed E-state index contributed by atoms with van der Waals surface area (Å²) in [6.45, 7) is 4.36. The molecule has 38 heavy (non-hydrogen) atoms. The fourth-order valence-corrected chi connectivity index (χ4v) is 4.80. The number of nitrogens with zero attached hydrogens (tertiary/aromatic N) is 4. The molecular weight excluding hydrogens is 497 g/mol. The van der Waals surface area contributed by atoms with Crippen LogP contribution in [-0.2, 0) is 19.1 Å². The van der Waals surface area contributed by atoms with E-state index in [-0.39, 0.29) is 12.1 Å². The molecule has 2 aromatic carbocycles. The second-order valence-corrected chi connectivity index (χ2v) is 9.73. The van der Waals surface area contributed by atoms with E-state index in [4.69, 9.17) is 19.4 Å². The number of amides is 1. The van der Waals surface area contributed by atoms with Crippen molar-refractivity contribution in [1.82, 2.24) is 14.9 Å². The van der Waals surface area contributed by atoms with Gasteiger partial charge in [0.25, 0.3) is 5.91 Å². The molecule has 0 spiro atoms. The third-order valence-corrected chi connectivity index (χ3v) is 7.08. The molecule has 200 valence electrons. The number of carbonyl (C=O) groups is 1. The van der Waals surface area contributed by atoms with Crippen molar-refractivity contribution in [3.8, 4) is 17.4 Å². The van der Waals surface area contributed by atoms with Gasteiger partial charge in [0.2, 0.25) is 11.8 Å². The summed E-state index contributed by atoms with van der Waals surface area (Å²) in [7, 11) is 1.55. The Balaban J connectivity index is 1.48. The number of piperidine rings is 1. The summed E-state index contributed by atoms with van der Waals surface area (Å²) in [5.74, 6) is 2.05. The number of para-hydroxylation sites is 2. The average Bonchev–Trinajstić information content (AvgIpc) is 2.92. The maximum absolute atomic E-state index is 13.3. The summed E-state index contributed by atoms with van der Waals surface area (Å²) < 4.78 is 51.4. The average molecular weight is 527 g/mol. The molecule has 3 heterocycles. The van der Waals surface area contributed by atoms with Crippen molar-refractivity contribution in [2.45, 2.75) is 38.9 Å². The quantitative estimate of drug-likeness (QED) is 0.423. The number of benzene rings is 2. The molecule has 2 aliphatic heterocycles. The number of methoxy groups -OCH3 is 1. The highest BCUT2D eigenvalue weighted by Crippen LogP contribution is 2.36. The molecule has 0 N–H and O–H groups in total. The minimum Gasteiger partial charge on any atom is -0.493 e. The number of halogens is 3. The van der Waals surface area contributed by atoms with Crippen LogP contribution in [0.3, 0.4) is 0 Å². The van der Waals surface area contributed by atoms with Gasteiger partial charge in [-0.1, -0.05) is 25.1 Å². The molecule has 10 heteroatoms. The minimum absolute atomic E-state index is 0.0181. The van der Waals surface area contributed by atoms with E-state index in [9.17, 15) is 18.0 Å². The van der Waals surface area contributed by atoms with Gasteiger partial charge in [-0.3, -0.25) is 4.79 Å². The SMILES string of the molecule is COc1ccccc1Oc1nc(N2CCC(C)CC2)nc2c1CN(C(=O)c1cccc(C(F)(F)F)c1)CC2. The molecule has 2 aliphatic rings. The molecule has 7 nitrogen and oxygen atoms in total. The third-order valence-electron chi connectivity index (χ3n) is 7.08. The van der Waals surface area contributed by atoms with Crippen molar-refractivity contribution >= 4 is 11.9 Å². The normalized spacial score (nSPS) is 16.2. The zero-order valence-electron chi connectivity index (χ0n) is 21.3. The Bertz CT molecular complexity index is 1320. The molecule has 1 aromatic heterocycles. The van der Waals surface area contributed by atoms with Crippen LogP contribution in [0, 0.1) is 5.92 Å². The van der Waals surface area contributed by atoms with E-state index in [0.717, 1.165) is 43.8 Å². The van der Waals surface area contributed by atoms with Crippen LogP contribution in [0.15, 0.2) is 48.5 Å². The Kier molecular flexibility index (Phi) is 7.14.